The first-order valence-corrected chi connectivity index (χ1v) is 15.0. The Bertz CT molecular complexity index is 565. The average Bonchev–Trinajstić information content (AvgIpc) is 2.82. The minimum atomic E-state index is 0.869. The Hall–Kier alpha value is -0.260. The van der Waals surface area contributed by atoms with Crippen LogP contribution in [0.25, 0.3) is 0 Å². The van der Waals surface area contributed by atoms with E-state index in [4.69, 9.17) is 0 Å². The van der Waals surface area contributed by atoms with Gasteiger partial charge in [-0.15, -0.1) is 0 Å². The Morgan fingerprint density at radius 1 is 0.774 bits per heavy atom. The largest absolute Gasteiger partial charge is 0.0671 e. The van der Waals surface area contributed by atoms with Crippen LogP contribution >= 0.6 is 0 Å². The van der Waals surface area contributed by atoms with Crippen LogP contribution in [0.1, 0.15) is 143 Å². The van der Waals surface area contributed by atoms with Crippen LogP contribution in [0.3, 0.4) is 0 Å². The molecule has 0 aromatic carbocycles. The van der Waals surface area contributed by atoms with Crippen molar-refractivity contribution in [2.24, 2.45) is 41.4 Å². The summed E-state index contributed by atoms with van der Waals surface area (Å²) in [5.41, 5.74) is 4.09. The monoisotopic (exact) mass is 426 g/mol. The minimum Gasteiger partial charge on any atom is -0.0671 e. The summed E-state index contributed by atoms with van der Waals surface area (Å²) in [5, 5.41) is 0. The minimum absolute atomic E-state index is 0.869. The zero-order valence-corrected chi connectivity index (χ0v) is 21.5. The first kappa shape index (κ1) is 23.9. The lowest BCUT2D eigenvalue weighted by Crippen LogP contribution is -2.42. The zero-order valence-electron chi connectivity index (χ0n) is 21.5. The second kappa shape index (κ2) is 11.7. The Morgan fingerprint density at radius 2 is 1.48 bits per heavy atom. The molecular formula is C31H54. The van der Waals surface area contributed by atoms with Crippen LogP contribution in [0, 0.1) is 41.4 Å². The molecule has 4 rings (SSSR count). The van der Waals surface area contributed by atoms with Crippen molar-refractivity contribution in [1.82, 2.24) is 0 Å². The van der Waals surface area contributed by atoms with Crippen molar-refractivity contribution in [3.05, 3.63) is 11.1 Å². The molecule has 0 bridgehead atoms. The average molecular weight is 427 g/mol. The molecule has 0 amide bonds. The number of hydrogen-bond donors (Lipinski definition) is 0. The van der Waals surface area contributed by atoms with Crippen LogP contribution in [0.15, 0.2) is 11.1 Å². The fraction of sp³-hybridized carbons (Fsp3) is 0.935. The number of rotatable bonds is 9. The first-order chi connectivity index (χ1) is 15.2. The third kappa shape index (κ3) is 5.46. The van der Waals surface area contributed by atoms with Gasteiger partial charge in [-0.3, -0.25) is 0 Å². The van der Waals surface area contributed by atoms with E-state index in [9.17, 15) is 0 Å². The van der Waals surface area contributed by atoms with Gasteiger partial charge in [0, 0.05) is 0 Å². The van der Waals surface area contributed by atoms with Gasteiger partial charge in [0.1, 0.15) is 0 Å². The molecule has 6 unspecified atom stereocenters. The molecule has 178 valence electrons. The van der Waals surface area contributed by atoms with E-state index in [1.54, 1.807) is 25.7 Å². The van der Waals surface area contributed by atoms with Gasteiger partial charge in [0.05, 0.1) is 0 Å². The van der Waals surface area contributed by atoms with Crippen molar-refractivity contribution in [3.63, 3.8) is 0 Å². The topological polar surface area (TPSA) is 0 Å². The van der Waals surface area contributed by atoms with Crippen LogP contribution in [0.2, 0.25) is 0 Å². The van der Waals surface area contributed by atoms with Crippen molar-refractivity contribution >= 4 is 0 Å². The molecule has 0 radical (unpaired) electrons. The van der Waals surface area contributed by atoms with Crippen LogP contribution in [0.4, 0.5) is 0 Å². The van der Waals surface area contributed by atoms with E-state index in [0.717, 1.165) is 41.4 Å². The molecule has 0 aromatic heterocycles. The molecule has 3 fully saturated rings. The summed E-state index contributed by atoms with van der Waals surface area (Å²) in [6.45, 7) is 7.52. The SMILES string of the molecule is CCCCCC(C)C1=C2CCCCC2C(CC(CC)C2CCCCC2)C2CCCCC12. The first-order valence-electron chi connectivity index (χ1n) is 15.0. The van der Waals surface area contributed by atoms with E-state index in [2.05, 4.69) is 20.8 Å². The lowest BCUT2D eigenvalue weighted by molar-refractivity contribution is 0.0660. The van der Waals surface area contributed by atoms with Gasteiger partial charge in [0.2, 0.25) is 0 Å². The second-order valence-corrected chi connectivity index (χ2v) is 12.3. The molecule has 0 aromatic rings. The van der Waals surface area contributed by atoms with Crippen molar-refractivity contribution in [2.75, 3.05) is 0 Å². The van der Waals surface area contributed by atoms with Crippen LogP contribution in [-0.4, -0.2) is 0 Å². The van der Waals surface area contributed by atoms with Crippen molar-refractivity contribution in [3.8, 4) is 0 Å². The van der Waals surface area contributed by atoms with Crippen LogP contribution < -0.4 is 0 Å². The molecule has 4 aliphatic carbocycles. The third-order valence-electron chi connectivity index (χ3n) is 10.5. The maximum absolute atomic E-state index is 2.63. The van der Waals surface area contributed by atoms with E-state index >= 15 is 0 Å². The molecule has 0 aliphatic heterocycles. The lowest BCUT2D eigenvalue weighted by atomic mass is 9.53. The molecule has 6 atom stereocenters. The Labute approximate surface area is 195 Å². The van der Waals surface area contributed by atoms with Gasteiger partial charge < -0.3 is 0 Å². The van der Waals surface area contributed by atoms with Gasteiger partial charge in [0.15, 0.2) is 0 Å². The number of fused-ring (bicyclic) bond motifs is 2. The summed E-state index contributed by atoms with van der Waals surface area (Å²) in [6, 6.07) is 0. The Balaban J connectivity index is 1.59. The van der Waals surface area contributed by atoms with Gasteiger partial charge in [-0.05, 0) is 86.4 Å². The molecule has 0 saturated heterocycles. The van der Waals surface area contributed by atoms with Crippen molar-refractivity contribution < 1.29 is 0 Å². The lowest BCUT2D eigenvalue weighted by Gasteiger charge is -2.52. The molecule has 0 nitrogen and oxygen atoms in total. The maximum atomic E-state index is 2.63. The summed E-state index contributed by atoms with van der Waals surface area (Å²) < 4.78 is 0. The van der Waals surface area contributed by atoms with E-state index in [1.165, 1.54) is 96.3 Å². The van der Waals surface area contributed by atoms with E-state index in [0.29, 0.717) is 0 Å². The summed E-state index contributed by atoms with van der Waals surface area (Å²) >= 11 is 0. The molecule has 3 saturated carbocycles. The smallest absolute Gasteiger partial charge is 0.0167 e. The molecule has 31 heavy (non-hydrogen) atoms. The highest BCUT2D eigenvalue weighted by Crippen LogP contribution is 2.57. The second-order valence-electron chi connectivity index (χ2n) is 12.3. The zero-order chi connectivity index (χ0) is 21.6. The highest BCUT2D eigenvalue weighted by molar-refractivity contribution is 5.29. The number of hydrogen-bond acceptors (Lipinski definition) is 0. The quantitative estimate of drug-likeness (QED) is 0.254. The van der Waals surface area contributed by atoms with E-state index in [-0.39, 0.29) is 0 Å². The van der Waals surface area contributed by atoms with Crippen molar-refractivity contribution in [2.45, 2.75) is 143 Å². The molecule has 0 heterocycles. The standard InChI is InChI=1S/C31H54/c1-4-6-8-15-23(3)31-28-20-13-11-18-26(28)30(27-19-12-14-21-29(27)31)22-24(5-2)25-16-9-7-10-17-25/h23-28,30H,4-22H2,1-3H3. The molecule has 0 N–H and O–H groups in total. The van der Waals surface area contributed by atoms with Gasteiger partial charge in [0.25, 0.3) is 0 Å². The van der Waals surface area contributed by atoms with Crippen LogP contribution in [0.5, 0.6) is 0 Å². The fourth-order valence-corrected chi connectivity index (χ4v) is 8.99. The van der Waals surface area contributed by atoms with Gasteiger partial charge in [-0.2, -0.15) is 0 Å². The normalized spacial score (nSPS) is 34.2. The molecular weight excluding hydrogens is 372 g/mol. The molecule has 0 spiro atoms. The molecule has 4 aliphatic rings. The van der Waals surface area contributed by atoms with Crippen LogP contribution in [-0.2, 0) is 0 Å². The molecule has 0 heteroatoms. The summed E-state index contributed by atoms with van der Waals surface area (Å²) in [7, 11) is 0. The number of allylic oxidation sites excluding steroid dienone is 2. The van der Waals surface area contributed by atoms with Crippen molar-refractivity contribution in [1.29, 1.82) is 0 Å². The predicted molar refractivity (Wildman–Crippen MR) is 136 cm³/mol. The summed E-state index contributed by atoms with van der Waals surface area (Å²) in [5.74, 6) is 7.00. The Morgan fingerprint density at radius 3 is 2.26 bits per heavy atom. The highest BCUT2D eigenvalue weighted by Gasteiger charge is 2.46. The van der Waals surface area contributed by atoms with Gasteiger partial charge >= 0.3 is 0 Å². The third-order valence-corrected chi connectivity index (χ3v) is 10.5. The van der Waals surface area contributed by atoms with E-state index in [1.807, 2.05) is 11.1 Å². The summed E-state index contributed by atoms with van der Waals surface area (Å²) in [6.07, 6.45) is 28.6. The predicted octanol–water partition coefficient (Wildman–Crippen LogP) is 10.1. The van der Waals surface area contributed by atoms with Gasteiger partial charge in [-0.1, -0.05) is 109 Å². The maximum Gasteiger partial charge on any atom is -0.0167 e. The number of unbranched alkanes of at least 4 members (excludes halogenated alkanes) is 2. The Kier molecular flexibility index (Phi) is 9.05. The highest BCUT2D eigenvalue weighted by atomic mass is 14.5. The summed E-state index contributed by atoms with van der Waals surface area (Å²) in [4.78, 5) is 0. The fourth-order valence-electron chi connectivity index (χ4n) is 8.99. The van der Waals surface area contributed by atoms with E-state index < -0.39 is 0 Å². The van der Waals surface area contributed by atoms with Gasteiger partial charge in [-0.25, -0.2) is 0 Å².